The third-order valence-electron chi connectivity index (χ3n) is 2.99. The van der Waals surface area contributed by atoms with Crippen LogP contribution in [0.1, 0.15) is 31.2 Å². The summed E-state index contributed by atoms with van der Waals surface area (Å²) in [4.78, 5) is 1.48. The van der Waals surface area contributed by atoms with E-state index in [1.54, 1.807) is 0 Å². The molecule has 2 atom stereocenters. The van der Waals surface area contributed by atoms with Crippen LogP contribution in [0, 0.1) is 5.92 Å². The molecule has 1 nitrogen and oxygen atoms in total. The van der Waals surface area contributed by atoms with Crippen LogP contribution in [-0.2, 0) is 0 Å². The van der Waals surface area contributed by atoms with Gasteiger partial charge in [-0.05, 0) is 30.5 Å². The number of rotatable bonds is 4. The number of thiophene rings is 2. The summed E-state index contributed by atoms with van der Waals surface area (Å²) in [5, 5.41) is 5.60. The van der Waals surface area contributed by atoms with Crippen molar-refractivity contribution in [3.8, 4) is 0 Å². The highest BCUT2D eigenvalue weighted by atomic mass is 32.1. The second-order valence-corrected chi connectivity index (χ2v) is 6.01. The second-order valence-electron chi connectivity index (χ2n) is 3.95. The van der Waals surface area contributed by atoms with Crippen molar-refractivity contribution in [1.82, 2.24) is 5.32 Å². The van der Waals surface area contributed by atoms with E-state index in [0.29, 0.717) is 12.0 Å². The molecule has 0 radical (unpaired) electrons. The van der Waals surface area contributed by atoms with Crippen molar-refractivity contribution < 1.29 is 0 Å². The summed E-state index contributed by atoms with van der Waals surface area (Å²) in [6.45, 7) is 4.57. The maximum atomic E-state index is 3.43. The summed E-state index contributed by atoms with van der Waals surface area (Å²) in [6.07, 6.45) is 1.22. The van der Waals surface area contributed by atoms with E-state index in [1.165, 1.54) is 20.7 Å². The zero-order valence-electron chi connectivity index (χ0n) is 9.41. The molecule has 82 valence electrons. The van der Waals surface area contributed by atoms with Gasteiger partial charge in [-0.1, -0.05) is 20.3 Å². The maximum absolute atomic E-state index is 3.43. The van der Waals surface area contributed by atoms with E-state index in [9.17, 15) is 0 Å². The van der Waals surface area contributed by atoms with Crippen LogP contribution in [0.15, 0.2) is 17.5 Å². The van der Waals surface area contributed by atoms with Crippen LogP contribution in [0.5, 0.6) is 0 Å². The largest absolute Gasteiger partial charge is 0.312 e. The van der Waals surface area contributed by atoms with Crippen molar-refractivity contribution in [2.45, 2.75) is 26.3 Å². The average Bonchev–Trinajstić information content (AvgIpc) is 2.78. The minimum atomic E-state index is 0.514. The lowest BCUT2D eigenvalue weighted by Crippen LogP contribution is -2.21. The first-order chi connectivity index (χ1) is 7.26. The Balaban J connectivity index is 2.31. The smallest absolute Gasteiger partial charge is 0.0454 e. The van der Waals surface area contributed by atoms with Crippen molar-refractivity contribution >= 4 is 32.1 Å². The van der Waals surface area contributed by atoms with Gasteiger partial charge in [-0.2, -0.15) is 0 Å². The van der Waals surface area contributed by atoms with Crippen LogP contribution in [0.3, 0.4) is 0 Å². The van der Waals surface area contributed by atoms with Crippen LogP contribution in [0.25, 0.3) is 9.40 Å². The lowest BCUT2D eigenvalue weighted by Gasteiger charge is -2.20. The fourth-order valence-corrected chi connectivity index (χ4v) is 4.24. The summed E-state index contributed by atoms with van der Waals surface area (Å²) >= 11 is 3.77. The zero-order valence-corrected chi connectivity index (χ0v) is 11.0. The quantitative estimate of drug-likeness (QED) is 0.840. The summed E-state index contributed by atoms with van der Waals surface area (Å²) in [5.74, 6) is 0.697. The summed E-state index contributed by atoms with van der Waals surface area (Å²) in [7, 11) is 2.06. The highest BCUT2D eigenvalue weighted by Crippen LogP contribution is 2.36. The van der Waals surface area contributed by atoms with Gasteiger partial charge in [0.25, 0.3) is 0 Å². The standard InChI is InChI=1S/C12H17NS2/c1-4-8(2)12(13-3)11-7-10-9(15-11)5-6-14-10/h5-8,12-13H,4H2,1-3H3. The molecule has 0 bridgehead atoms. The first kappa shape index (κ1) is 11.1. The third kappa shape index (κ3) is 2.10. The minimum Gasteiger partial charge on any atom is -0.312 e. The molecule has 2 aromatic heterocycles. The van der Waals surface area contributed by atoms with E-state index in [2.05, 4.69) is 43.7 Å². The molecule has 0 amide bonds. The molecule has 0 aliphatic rings. The molecular weight excluding hydrogens is 222 g/mol. The summed E-state index contributed by atoms with van der Waals surface area (Å²) in [6, 6.07) is 5.08. The predicted octanol–water partition coefficient (Wildman–Crippen LogP) is 4.27. The zero-order chi connectivity index (χ0) is 10.8. The SMILES string of the molecule is CCC(C)C(NC)c1cc2sccc2s1. The molecule has 0 saturated heterocycles. The monoisotopic (exact) mass is 239 g/mol. The van der Waals surface area contributed by atoms with Crippen LogP contribution in [0.4, 0.5) is 0 Å². The first-order valence-corrected chi connectivity index (χ1v) is 7.10. The Morgan fingerprint density at radius 3 is 2.80 bits per heavy atom. The van der Waals surface area contributed by atoms with E-state index in [0.717, 1.165) is 0 Å². The number of nitrogens with one attached hydrogen (secondary N) is 1. The van der Waals surface area contributed by atoms with Gasteiger partial charge in [0.15, 0.2) is 0 Å². The van der Waals surface area contributed by atoms with Crippen LogP contribution in [0.2, 0.25) is 0 Å². The first-order valence-electron chi connectivity index (χ1n) is 5.40. The Morgan fingerprint density at radius 2 is 2.20 bits per heavy atom. The van der Waals surface area contributed by atoms with Crippen molar-refractivity contribution in [3.63, 3.8) is 0 Å². The van der Waals surface area contributed by atoms with Gasteiger partial charge >= 0.3 is 0 Å². The van der Waals surface area contributed by atoms with Gasteiger partial charge < -0.3 is 5.32 Å². The Hall–Kier alpha value is -0.380. The molecule has 0 spiro atoms. The predicted molar refractivity (Wildman–Crippen MR) is 71.0 cm³/mol. The second kappa shape index (κ2) is 4.64. The molecule has 2 rings (SSSR count). The molecule has 15 heavy (non-hydrogen) atoms. The molecule has 0 aromatic carbocycles. The Labute approximate surface area is 99.1 Å². The maximum Gasteiger partial charge on any atom is 0.0454 e. The fraction of sp³-hybridized carbons (Fsp3) is 0.500. The lowest BCUT2D eigenvalue weighted by molar-refractivity contribution is 0.406. The topological polar surface area (TPSA) is 12.0 Å². The molecule has 0 fully saturated rings. The molecule has 3 heteroatoms. The van der Waals surface area contributed by atoms with E-state index >= 15 is 0 Å². The van der Waals surface area contributed by atoms with E-state index in [-0.39, 0.29) is 0 Å². The molecule has 0 saturated carbocycles. The van der Waals surface area contributed by atoms with Crippen molar-refractivity contribution in [2.24, 2.45) is 5.92 Å². The van der Waals surface area contributed by atoms with Crippen LogP contribution in [-0.4, -0.2) is 7.05 Å². The van der Waals surface area contributed by atoms with E-state index in [1.807, 2.05) is 22.7 Å². The summed E-state index contributed by atoms with van der Waals surface area (Å²) < 4.78 is 2.86. The third-order valence-corrected chi connectivity index (χ3v) is 5.17. The fourth-order valence-electron chi connectivity index (χ4n) is 1.88. The van der Waals surface area contributed by atoms with Gasteiger partial charge in [-0.15, -0.1) is 22.7 Å². The van der Waals surface area contributed by atoms with Crippen molar-refractivity contribution in [1.29, 1.82) is 0 Å². The number of fused-ring (bicyclic) bond motifs is 1. The molecule has 0 aliphatic heterocycles. The Kier molecular flexibility index (Phi) is 3.44. The number of hydrogen-bond donors (Lipinski definition) is 1. The van der Waals surface area contributed by atoms with Gasteiger partial charge in [0, 0.05) is 20.3 Å². The Morgan fingerprint density at radius 1 is 1.40 bits per heavy atom. The molecule has 2 heterocycles. The average molecular weight is 239 g/mol. The van der Waals surface area contributed by atoms with Gasteiger partial charge in [0.2, 0.25) is 0 Å². The normalized spacial score (nSPS) is 15.7. The Bertz CT molecular complexity index is 401. The molecular formula is C12H17NS2. The van der Waals surface area contributed by atoms with E-state index in [4.69, 9.17) is 0 Å². The molecule has 2 unspecified atom stereocenters. The molecule has 0 aliphatic carbocycles. The van der Waals surface area contributed by atoms with Crippen LogP contribution >= 0.6 is 22.7 Å². The van der Waals surface area contributed by atoms with Gasteiger partial charge in [0.1, 0.15) is 0 Å². The number of hydrogen-bond acceptors (Lipinski definition) is 3. The minimum absolute atomic E-state index is 0.514. The summed E-state index contributed by atoms with van der Waals surface area (Å²) in [5.41, 5.74) is 0. The molecule has 2 aromatic rings. The molecule has 1 N–H and O–H groups in total. The van der Waals surface area contributed by atoms with Gasteiger partial charge in [-0.3, -0.25) is 0 Å². The highest BCUT2D eigenvalue weighted by molar-refractivity contribution is 7.26. The van der Waals surface area contributed by atoms with Crippen molar-refractivity contribution in [3.05, 3.63) is 22.4 Å². The van der Waals surface area contributed by atoms with Crippen molar-refractivity contribution in [2.75, 3.05) is 7.05 Å². The van der Waals surface area contributed by atoms with Gasteiger partial charge in [0.05, 0.1) is 0 Å². The lowest BCUT2D eigenvalue weighted by atomic mass is 9.98. The van der Waals surface area contributed by atoms with E-state index < -0.39 is 0 Å². The van der Waals surface area contributed by atoms with Crippen LogP contribution < -0.4 is 5.32 Å². The highest BCUT2D eigenvalue weighted by Gasteiger charge is 2.18. The van der Waals surface area contributed by atoms with Gasteiger partial charge in [-0.25, -0.2) is 0 Å².